The fraction of sp³-hybridized carbons (Fsp3) is 0.182. The summed E-state index contributed by atoms with van der Waals surface area (Å²) in [5.41, 5.74) is -4.36. The molecule has 0 radical (unpaired) electrons. The van der Waals surface area contributed by atoms with E-state index in [9.17, 15) is 18.3 Å². The molecular weight excluding hydrogens is 461 g/mol. The first-order valence-electron chi connectivity index (χ1n) is 9.79. The lowest BCUT2D eigenvalue weighted by atomic mass is 9.84. The number of hydrogen-bond donors (Lipinski definition) is 1. The Labute approximate surface area is 189 Å². The molecule has 4 rings (SSSR count). The van der Waals surface area contributed by atoms with E-state index in [1.807, 2.05) is 0 Å². The zero-order valence-electron chi connectivity index (χ0n) is 17.2. The normalized spacial score (nSPS) is 13.5. The predicted octanol–water partition coefficient (Wildman–Crippen LogP) is 3.74. The Morgan fingerprint density at radius 3 is 2.29 bits per heavy atom. The third-order valence-corrected chi connectivity index (χ3v) is 5.06. The molecule has 176 valence electrons. The van der Waals surface area contributed by atoms with E-state index in [4.69, 9.17) is 4.74 Å². The number of benzene rings is 2. The molecule has 1 atom stereocenters. The molecule has 1 unspecified atom stereocenters. The summed E-state index contributed by atoms with van der Waals surface area (Å²) in [6.45, 7) is -0.929. The number of pyridine rings is 1. The van der Waals surface area contributed by atoms with Crippen LogP contribution in [0.2, 0.25) is 0 Å². The van der Waals surface area contributed by atoms with Crippen LogP contribution in [0.15, 0.2) is 67.1 Å². The van der Waals surface area contributed by atoms with Gasteiger partial charge in [0.15, 0.2) is 5.60 Å². The first-order valence-corrected chi connectivity index (χ1v) is 9.79. The topological polar surface area (TPSA) is 86.0 Å². The predicted molar refractivity (Wildman–Crippen MR) is 107 cm³/mol. The van der Waals surface area contributed by atoms with Gasteiger partial charge in [-0.15, -0.1) is 5.10 Å². The zero-order valence-corrected chi connectivity index (χ0v) is 17.2. The van der Waals surface area contributed by atoms with E-state index in [1.54, 1.807) is 0 Å². The lowest BCUT2D eigenvalue weighted by molar-refractivity contribution is -0.207. The number of aliphatic hydroxyl groups is 1. The average molecular weight is 477 g/mol. The van der Waals surface area contributed by atoms with Crippen molar-refractivity contribution in [1.82, 2.24) is 25.2 Å². The molecule has 0 aliphatic heterocycles. The van der Waals surface area contributed by atoms with E-state index in [1.165, 1.54) is 30.3 Å². The van der Waals surface area contributed by atoms with Crippen LogP contribution < -0.4 is 4.74 Å². The summed E-state index contributed by atoms with van der Waals surface area (Å²) >= 11 is 0. The molecule has 0 aliphatic carbocycles. The van der Waals surface area contributed by atoms with Crippen LogP contribution >= 0.6 is 0 Å². The van der Waals surface area contributed by atoms with E-state index < -0.39 is 46.8 Å². The maximum absolute atomic E-state index is 15.7. The summed E-state index contributed by atoms with van der Waals surface area (Å²) in [4.78, 5) is 3.69. The highest BCUT2D eigenvalue weighted by Crippen LogP contribution is 2.46. The minimum Gasteiger partial charge on any atom is -0.487 e. The van der Waals surface area contributed by atoms with Gasteiger partial charge in [0.05, 0.1) is 12.7 Å². The summed E-state index contributed by atoms with van der Waals surface area (Å²) in [6.07, 6.45) is 1.97. The van der Waals surface area contributed by atoms with Crippen LogP contribution in [0.3, 0.4) is 0 Å². The fourth-order valence-electron chi connectivity index (χ4n) is 3.28. The van der Waals surface area contributed by atoms with Gasteiger partial charge in [-0.2, -0.15) is 8.78 Å². The van der Waals surface area contributed by atoms with E-state index in [0.717, 1.165) is 35.4 Å². The highest BCUT2D eigenvalue weighted by molar-refractivity contribution is 5.32. The standard InChI is InChI=1S/C22H16F5N5O2/c23-15-3-1-14(2-4-15)11-34-17-6-8-20(28-10-17)22(26,27)21(33,12-32-13-29-30-31-32)18-7-5-16(24)9-19(18)25/h1-10,13,33H,11-12H2. The van der Waals surface area contributed by atoms with Gasteiger partial charge in [-0.3, -0.25) is 4.98 Å². The molecule has 2 heterocycles. The molecule has 0 saturated heterocycles. The van der Waals surface area contributed by atoms with Gasteiger partial charge in [-0.05, 0) is 52.4 Å². The molecule has 0 saturated carbocycles. The van der Waals surface area contributed by atoms with Crippen molar-refractivity contribution in [1.29, 1.82) is 0 Å². The molecule has 0 bridgehead atoms. The van der Waals surface area contributed by atoms with E-state index in [2.05, 4.69) is 20.5 Å². The third-order valence-electron chi connectivity index (χ3n) is 5.06. The molecule has 2 aromatic heterocycles. The quantitative estimate of drug-likeness (QED) is 0.389. The van der Waals surface area contributed by atoms with Crippen LogP contribution in [-0.2, 0) is 24.7 Å². The highest BCUT2D eigenvalue weighted by atomic mass is 19.3. The van der Waals surface area contributed by atoms with Gasteiger partial charge in [0.1, 0.15) is 41.8 Å². The minimum absolute atomic E-state index is 0.0295. The molecule has 1 N–H and O–H groups in total. The second kappa shape index (κ2) is 9.14. The van der Waals surface area contributed by atoms with Gasteiger partial charge in [0, 0.05) is 11.6 Å². The lowest BCUT2D eigenvalue weighted by Gasteiger charge is -2.35. The Morgan fingerprint density at radius 2 is 1.68 bits per heavy atom. The largest absolute Gasteiger partial charge is 0.487 e. The van der Waals surface area contributed by atoms with Crippen molar-refractivity contribution in [3.63, 3.8) is 0 Å². The Hall–Kier alpha value is -3.93. The molecular formula is C22H16F5N5O2. The Kier molecular flexibility index (Phi) is 6.24. The summed E-state index contributed by atoms with van der Waals surface area (Å²) < 4.78 is 78.5. The number of rotatable bonds is 8. The molecule has 0 amide bonds. The first kappa shape index (κ1) is 23.2. The Bertz CT molecular complexity index is 1250. The number of halogens is 5. The Morgan fingerprint density at radius 1 is 0.941 bits per heavy atom. The highest BCUT2D eigenvalue weighted by Gasteiger charge is 2.58. The molecule has 4 aromatic rings. The third kappa shape index (κ3) is 4.57. The van der Waals surface area contributed by atoms with Crippen molar-refractivity contribution >= 4 is 0 Å². The number of hydrogen-bond acceptors (Lipinski definition) is 6. The smallest absolute Gasteiger partial charge is 0.323 e. The van der Waals surface area contributed by atoms with Crippen molar-refractivity contribution in [3.05, 3.63) is 101 Å². The molecule has 0 fully saturated rings. The molecule has 7 nitrogen and oxygen atoms in total. The maximum atomic E-state index is 15.7. The number of aromatic nitrogens is 5. The number of nitrogens with zero attached hydrogens (tertiary/aromatic N) is 5. The van der Waals surface area contributed by atoms with Crippen LogP contribution in [0.5, 0.6) is 5.75 Å². The van der Waals surface area contributed by atoms with Crippen LogP contribution in [0, 0.1) is 17.5 Å². The molecule has 34 heavy (non-hydrogen) atoms. The van der Waals surface area contributed by atoms with Crippen LogP contribution in [0.1, 0.15) is 16.8 Å². The maximum Gasteiger partial charge on any atom is 0.323 e. The van der Waals surface area contributed by atoms with E-state index >= 15 is 8.78 Å². The molecule has 2 aromatic carbocycles. The Balaban J connectivity index is 1.63. The fourth-order valence-corrected chi connectivity index (χ4v) is 3.28. The van der Waals surface area contributed by atoms with Gasteiger partial charge in [-0.1, -0.05) is 12.1 Å². The van der Waals surface area contributed by atoms with Crippen LogP contribution in [0.4, 0.5) is 22.0 Å². The second-order valence-electron chi connectivity index (χ2n) is 7.36. The number of alkyl halides is 2. The lowest BCUT2D eigenvalue weighted by Crippen LogP contribution is -2.48. The van der Waals surface area contributed by atoms with Crippen molar-refractivity contribution in [2.45, 2.75) is 24.7 Å². The van der Waals surface area contributed by atoms with Crippen molar-refractivity contribution < 1.29 is 31.8 Å². The number of tetrazole rings is 1. The van der Waals surface area contributed by atoms with Crippen LogP contribution in [-0.4, -0.2) is 30.3 Å². The number of ether oxygens (including phenoxy) is 1. The molecule has 12 heteroatoms. The van der Waals surface area contributed by atoms with E-state index in [0.29, 0.717) is 11.6 Å². The average Bonchev–Trinajstić information content (AvgIpc) is 3.31. The van der Waals surface area contributed by atoms with Crippen molar-refractivity contribution in [2.24, 2.45) is 0 Å². The summed E-state index contributed by atoms with van der Waals surface area (Å²) in [5, 5.41) is 21.2. The monoisotopic (exact) mass is 477 g/mol. The molecule has 0 aliphatic rings. The van der Waals surface area contributed by atoms with Crippen molar-refractivity contribution in [3.8, 4) is 5.75 Å². The first-order chi connectivity index (χ1) is 16.2. The second-order valence-corrected chi connectivity index (χ2v) is 7.36. The summed E-state index contributed by atoms with van der Waals surface area (Å²) in [7, 11) is 0. The minimum atomic E-state index is -4.17. The summed E-state index contributed by atoms with van der Waals surface area (Å²) in [6, 6.07) is 9.46. The molecule has 0 spiro atoms. The van der Waals surface area contributed by atoms with Gasteiger partial charge in [0.2, 0.25) is 0 Å². The van der Waals surface area contributed by atoms with Crippen molar-refractivity contribution in [2.75, 3.05) is 0 Å². The summed E-state index contributed by atoms with van der Waals surface area (Å²) in [5.74, 6) is -6.85. The van der Waals surface area contributed by atoms with Crippen LogP contribution in [0.25, 0.3) is 0 Å². The SMILES string of the molecule is OC(Cn1cnnn1)(c1ccc(F)cc1F)C(F)(F)c1ccc(OCc2ccc(F)cc2)cn1. The zero-order chi connectivity index (χ0) is 24.3. The van der Waals surface area contributed by atoms with Gasteiger partial charge in [-0.25, -0.2) is 17.9 Å². The van der Waals surface area contributed by atoms with E-state index in [-0.39, 0.29) is 12.4 Å². The van der Waals surface area contributed by atoms with Gasteiger partial charge < -0.3 is 9.84 Å². The van der Waals surface area contributed by atoms with Gasteiger partial charge >= 0.3 is 5.92 Å². The van der Waals surface area contributed by atoms with Gasteiger partial charge in [0.25, 0.3) is 0 Å².